The van der Waals surface area contributed by atoms with Crippen LogP contribution >= 0.6 is 0 Å². The van der Waals surface area contributed by atoms with Gasteiger partial charge < -0.3 is 4.42 Å². The first kappa shape index (κ1) is 15.4. The van der Waals surface area contributed by atoms with E-state index in [-0.39, 0.29) is 11.9 Å². The molecule has 25 heavy (non-hydrogen) atoms. The Bertz CT molecular complexity index is 914. The predicted octanol–water partition coefficient (Wildman–Crippen LogP) is 4.58. The lowest BCUT2D eigenvalue weighted by Crippen LogP contribution is -2.27. The fraction of sp³-hybridized carbons (Fsp3) is 0.143. The van der Waals surface area contributed by atoms with E-state index in [1.165, 1.54) is 0 Å². The van der Waals surface area contributed by atoms with E-state index in [4.69, 9.17) is 4.42 Å². The Morgan fingerprint density at radius 1 is 1.04 bits per heavy atom. The minimum Gasteiger partial charge on any atom is -0.463 e. The molecule has 1 aliphatic heterocycles. The highest BCUT2D eigenvalue weighted by Crippen LogP contribution is 2.34. The van der Waals surface area contributed by atoms with E-state index >= 15 is 0 Å². The van der Waals surface area contributed by atoms with Crippen LogP contribution in [0.15, 0.2) is 82.5 Å². The summed E-state index contributed by atoms with van der Waals surface area (Å²) in [6.07, 6.45) is 2.26. The largest absolute Gasteiger partial charge is 0.463 e. The molecule has 1 unspecified atom stereocenters. The van der Waals surface area contributed by atoms with Crippen LogP contribution < -0.4 is 0 Å². The van der Waals surface area contributed by atoms with Gasteiger partial charge in [-0.3, -0.25) is 4.79 Å². The van der Waals surface area contributed by atoms with Crippen molar-refractivity contribution in [2.24, 2.45) is 5.10 Å². The van der Waals surface area contributed by atoms with Gasteiger partial charge in [-0.25, -0.2) is 5.01 Å². The van der Waals surface area contributed by atoms with E-state index in [1.54, 1.807) is 11.3 Å². The van der Waals surface area contributed by atoms with E-state index in [9.17, 15) is 4.79 Å². The second-order valence-corrected chi connectivity index (χ2v) is 6.12. The second-order valence-electron chi connectivity index (χ2n) is 6.12. The summed E-state index contributed by atoms with van der Waals surface area (Å²) in [5.74, 6) is 0.620. The molecule has 0 radical (unpaired) electrons. The third kappa shape index (κ3) is 2.87. The molecule has 3 aromatic rings. The number of benzene rings is 2. The number of amides is 1. The number of aryl methyl sites for hydroxylation is 1. The number of nitrogens with zero attached hydrogens (tertiary/aromatic N) is 2. The predicted molar refractivity (Wildman–Crippen MR) is 96.4 cm³/mol. The van der Waals surface area contributed by atoms with Crippen molar-refractivity contribution in [2.45, 2.75) is 19.4 Å². The maximum Gasteiger partial charge on any atom is 0.274 e. The van der Waals surface area contributed by atoms with Crippen LogP contribution in [0.2, 0.25) is 0 Å². The van der Waals surface area contributed by atoms with Crippen molar-refractivity contribution in [1.82, 2.24) is 5.01 Å². The van der Waals surface area contributed by atoms with Gasteiger partial charge in [0.1, 0.15) is 11.5 Å². The zero-order valence-corrected chi connectivity index (χ0v) is 13.9. The molecule has 4 nitrogen and oxygen atoms in total. The van der Waals surface area contributed by atoms with Crippen molar-refractivity contribution in [2.75, 3.05) is 0 Å². The lowest BCUT2D eigenvalue weighted by atomic mass is 10.00. The quantitative estimate of drug-likeness (QED) is 0.705. The fourth-order valence-electron chi connectivity index (χ4n) is 3.16. The van der Waals surface area contributed by atoms with Gasteiger partial charge in [-0.15, -0.1) is 0 Å². The highest BCUT2D eigenvalue weighted by Gasteiger charge is 2.34. The summed E-state index contributed by atoms with van der Waals surface area (Å²) in [6.45, 7) is 1.94. The smallest absolute Gasteiger partial charge is 0.274 e. The first-order valence-electron chi connectivity index (χ1n) is 8.29. The third-order valence-corrected chi connectivity index (χ3v) is 4.48. The number of rotatable bonds is 3. The summed E-state index contributed by atoms with van der Waals surface area (Å²) < 4.78 is 5.49. The number of carbonyl (C=O) groups is 1. The van der Waals surface area contributed by atoms with Crippen LogP contribution in [-0.2, 0) is 0 Å². The molecule has 0 bridgehead atoms. The molecule has 2 aromatic carbocycles. The van der Waals surface area contributed by atoms with Gasteiger partial charge in [-0.1, -0.05) is 48.5 Å². The molecule has 0 aliphatic carbocycles. The highest BCUT2D eigenvalue weighted by atomic mass is 16.3. The van der Waals surface area contributed by atoms with Gasteiger partial charge in [0.15, 0.2) is 0 Å². The minimum absolute atomic E-state index is 0.0893. The van der Waals surface area contributed by atoms with Crippen molar-refractivity contribution < 1.29 is 9.21 Å². The zero-order valence-electron chi connectivity index (χ0n) is 13.9. The summed E-state index contributed by atoms with van der Waals surface area (Å²) in [5, 5.41) is 6.21. The number of carbonyl (C=O) groups excluding carboxylic acids is 1. The van der Waals surface area contributed by atoms with Gasteiger partial charge in [0.05, 0.1) is 12.3 Å². The number of hydrogen-bond acceptors (Lipinski definition) is 3. The summed E-state index contributed by atoms with van der Waals surface area (Å²) in [7, 11) is 0. The Hall–Kier alpha value is -3.14. The first-order valence-corrected chi connectivity index (χ1v) is 8.29. The van der Waals surface area contributed by atoms with Gasteiger partial charge in [-0.2, -0.15) is 5.10 Å². The number of furan rings is 1. The summed E-state index contributed by atoms with van der Waals surface area (Å²) in [4.78, 5) is 13.2. The van der Waals surface area contributed by atoms with Crippen LogP contribution in [0.4, 0.5) is 0 Å². The molecule has 1 aromatic heterocycles. The molecule has 0 N–H and O–H groups in total. The van der Waals surface area contributed by atoms with Crippen LogP contribution in [0.3, 0.4) is 0 Å². The van der Waals surface area contributed by atoms with E-state index in [0.717, 1.165) is 16.8 Å². The molecule has 0 saturated carbocycles. The molecule has 0 fully saturated rings. The molecule has 1 atom stereocenters. The van der Waals surface area contributed by atoms with E-state index in [1.807, 2.05) is 73.7 Å². The van der Waals surface area contributed by atoms with Crippen molar-refractivity contribution in [3.63, 3.8) is 0 Å². The standard InChI is InChI=1S/C21H18N2O2/c1-15-8-5-6-11-17(15)21(24)23-19(16-9-3-2-4-10-16)14-18(22-23)20-12-7-13-25-20/h2-13,19H,14H2,1H3. The lowest BCUT2D eigenvalue weighted by Gasteiger charge is -2.22. The van der Waals surface area contributed by atoms with Crippen LogP contribution in [-0.4, -0.2) is 16.6 Å². The van der Waals surface area contributed by atoms with Crippen LogP contribution in [0, 0.1) is 6.92 Å². The summed E-state index contributed by atoms with van der Waals surface area (Å²) >= 11 is 0. The van der Waals surface area contributed by atoms with Crippen LogP contribution in [0.5, 0.6) is 0 Å². The van der Waals surface area contributed by atoms with Gasteiger partial charge in [0.25, 0.3) is 5.91 Å². The van der Waals surface area contributed by atoms with Crippen LogP contribution in [0.1, 0.15) is 39.7 Å². The van der Waals surface area contributed by atoms with Gasteiger partial charge >= 0.3 is 0 Å². The highest BCUT2D eigenvalue weighted by molar-refractivity contribution is 6.03. The number of hydrazone groups is 1. The first-order chi connectivity index (χ1) is 12.2. The molecule has 124 valence electrons. The Morgan fingerprint density at radius 3 is 2.52 bits per heavy atom. The maximum atomic E-state index is 13.2. The minimum atomic E-state index is -0.131. The summed E-state index contributed by atoms with van der Waals surface area (Å²) in [5.41, 5.74) is 3.48. The van der Waals surface area contributed by atoms with E-state index in [0.29, 0.717) is 17.7 Å². The molecule has 0 spiro atoms. The normalized spacial score (nSPS) is 16.8. The SMILES string of the molecule is Cc1ccccc1C(=O)N1N=C(c2ccco2)CC1c1ccccc1. The average molecular weight is 330 g/mol. The molecule has 4 rings (SSSR count). The maximum absolute atomic E-state index is 13.2. The number of hydrogen-bond donors (Lipinski definition) is 0. The third-order valence-electron chi connectivity index (χ3n) is 4.48. The Morgan fingerprint density at radius 2 is 1.80 bits per heavy atom. The van der Waals surface area contributed by atoms with Crippen molar-refractivity contribution in [3.8, 4) is 0 Å². The monoisotopic (exact) mass is 330 g/mol. The zero-order chi connectivity index (χ0) is 17.2. The van der Waals surface area contributed by atoms with Crippen molar-refractivity contribution in [1.29, 1.82) is 0 Å². The topological polar surface area (TPSA) is 45.8 Å². The Balaban J connectivity index is 1.75. The van der Waals surface area contributed by atoms with E-state index < -0.39 is 0 Å². The fourth-order valence-corrected chi connectivity index (χ4v) is 3.16. The van der Waals surface area contributed by atoms with Crippen molar-refractivity contribution in [3.05, 3.63) is 95.4 Å². The molecule has 4 heteroatoms. The van der Waals surface area contributed by atoms with Gasteiger partial charge in [0.2, 0.25) is 0 Å². The lowest BCUT2D eigenvalue weighted by molar-refractivity contribution is 0.0710. The summed E-state index contributed by atoms with van der Waals surface area (Å²) in [6, 6.07) is 21.2. The Kier molecular flexibility index (Phi) is 3.94. The van der Waals surface area contributed by atoms with Gasteiger partial charge in [-0.05, 0) is 36.2 Å². The molecular weight excluding hydrogens is 312 g/mol. The average Bonchev–Trinajstić information content (AvgIpc) is 3.32. The molecule has 1 amide bonds. The van der Waals surface area contributed by atoms with E-state index in [2.05, 4.69) is 5.10 Å². The molecule has 0 saturated heterocycles. The molecule has 1 aliphatic rings. The molecule has 2 heterocycles. The second kappa shape index (κ2) is 6.40. The Labute approximate surface area is 146 Å². The van der Waals surface area contributed by atoms with Crippen molar-refractivity contribution >= 4 is 11.6 Å². The molecular formula is C21H18N2O2. The van der Waals surface area contributed by atoms with Crippen LogP contribution in [0.25, 0.3) is 0 Å². The van der Waals surface area contributed by atoms with Gasteiger partial charge in [0, 0.05) is 12.0 Å².